The molecule has 12 heteroatoms. The van der Waals surface area contributed by atoms with Crippen molar-refractivity contribution in [1.82, 2.24) is 15.6 Å². The minimum Gasteiger partial charge on any atom is -0.487 e. The van der Waals surface area contributed by atoms with Crippen LogP contribution in [-0.2, 0) is 6.54 Å². The van der Waals surface area contributed by atoms with Crippen LogP contribution < -0.4 is 30.7 Å². The lowest BCUT2D eigenvalue weighted by Crippen LogP contribution is -2.34. The largest absolute Gasteiger partial charge is 0.487 e. The Morgan fingerprint density at radius 3 is 2.80 bits per heavy atom. The Hall–Kier alpha value is -4.48. The summed E-state index contributed by atoms with van der Waals surface area (Å²) >= 11 is 0. The molecule has 4 N–H and O–H groups in total. The number of anilines is 2. The Morgan fingerprint density at radius 2 is 1.94 bits per heavy atom. The summed E-state index contributed by atoms with van der Waals surface area (Å²) in [5, 5.41) is 10.1. The first kappa shape index (κ1) is 21.1. The number of rotatable bonds is 4. The van der Waals surface area contributed by atoms with Gasteiger partial charge >= 0.3 is 12.1 Å². The summed E-state index contributed by atoms with van der Waals surface area (Å²) in [4.78, 5) is 28.0. The van der Waals surface area contributed by atoms with Gasteiger partial charge in [-0.25, -0.2) is 27.7 Å². The summed E-state index contributed by atoms with van der Waals surface area (Å²) in [7, 11) is 0. The topological polar surface area (TPSA) is 114 Å². The minimum absolute atomic E-state index is 0.151. The second-order valence-corrected chi connectivity index (χ2v) is 8.22. The van der Waals surface area contributed by atoms with Gasteiger partial charge in [0, 0.05) is 23.9 Å². The van der Waals surface area contributed by atoms with Gasteiger partial charge in [-0.05, 0) is 24.3 Å². The number of ether oxygens (including phenoxy) is 2. The number of fused-ring (bicyclic) bond motifs is 4. The van der Waals surface area contributed by atoms with Crippen LogP contribution in [-0.4, -0.2) is 29.2 Å². The fraction of sp³-hybridized carbons (Fsp3) is 0.174. The van der Waals surface area contributed by atoms with E-state index >= 15 is 0 Å². The molecule has 35 heavy (non-hydrogen) atoms. The molecular weight excluding hydrogens is 467 g/mol. The maximum Gasteiger partial charge on any atom is 0.320 e. The maximum absolute atomic E-state index is 13.8. The SMILES string of the molecule is O=C1NCc2c(Oc3ccc4c(c3)[C@H]3[C@H](NC(=O)Nc5cc(F)c(F)cc5F)[C@H]3O4)ccnc2N1. The summed E-state index contributed by atoms with van der Waals surface area (Å²) in [6.45, 7) is 0.267. The number of benzene rings is 2. The van der Waals surface area contributed by atoms with Gasteiger partial charge in [-0.3, -0.25) is 5.32 Å². The third-order valence-electron chi connectivity index (χ3n) is 6.01. The zero-order valence-electron chi connectivity index (χ0n) is 17.7. The molecule has 3 atom stereocenters. The summed E-state index contributed by atoms with van der Waals surface area (Å²) < 4.78 is 52.2. The van der Waals surface area contributed by atoms with E-state index in [0.29, 0.717) is 40.8 Å². The van der Waals surface area contributed by atoms with E-state index in [2.05, 4.69) is 26.3 Å². The summed E-state index contributed by atoms with van der Waals surface area (Å²) in [5.41, 5.74) is 1.05. The molecule has 2 aliphatic heterocycles. The standard InChI is InChI=1S/C23H16F3N5O4/c24-12-6-14(26)15(7-13(12)25)29-23(33)30-19-18-10-5-9(1-2-16(10)35-20(18)19)34-17-3-4-27-21-11(17)8-28-22(32)31-21/h1-7,18-20H,8H2,(H2,29,30,33)(H2,27,28,31,32)/t18-,19-,20-/m0/s1. The highest BCUT2D eigenvalue weighted by Crippen LogP contribution is 2.54. The zero-order valence-corrected chi connectivity index (χ0v) is 17.7. The molecule has 0 bridgehead atoms. The lowest BCUT2D eigenvalue weighted by molar-refractivity contribution is 0.246. The molecule has 0 radical (unpaired) electrons. The van der Waals surface area contributed by atoms with Crippen molar-refractivity contribution in [2.45, 2.75) is 24.6 Å². The van der Waals surface area contributed by atoms with Crippen LogP contribution in [0.5, 0.6) is 17.2 Å². The number of amides is 4. The van der Waals surface area contributed by atoms with E-state index in [-0.39, 0.29) is 30.6 Å². The molecule has 4 amide bonds. The molecule has 1 aliphatic carbocycles. The molecule has 1 aromatic heterocycles. The molecule has 178 valence electrons. The third-order valence-corrected chi connectivity index (χ3v) is 6.01. The van der Waals surface area contributed by atoms with Crippen LogP contribution >= 0.6 is 0 Å². The van der Waals surface area contributed by atoms with Crippen LogP contribution in [0, 0.1) is 17.5 Å². The van der Waals surface area contributed by atoms with Gasteiger partial charge in [0.25, 0.3) is 0 Å². The summed E-state index contributed by atoms with van der Waals surface area (Å²) in [6.07, 6.45) is 1.22. The van der Waals surface area contributed by atoms with Gasteiger partial charge in [-0.1, -0.05) is 0 Å². The summed E-state index contributed by atoms with van der Waals surface area (Å²) in [6, 6.07) is 6.43. The number of hydrogen-bond acceptors (Lipinski definition) is 5. The number of carbonyl (C=O) groups is 2. The molecule has 0 spiro atoms. The van der Waals surface area contributed by atoms with Crippen molar-refractivity contribution in [2.75, 3.05) is 10.6 Å². The minimum atomic E-state index is -1.35. The van der Waals surface area contributed by atoms with Crippen molar-refractivity contribution in [3.63, 3.8) is 0 Å². The number of pyridine rings is 1. The van der Waals surface area contributed by atoms with Crippen LogP contribution in [0.25, 0.3) is 0 Å². The molecular formula is C23H16F3N5O4. The quantitative estimate of drug-likeness (QED) is 0.420. The average molecular weight is 483 g/mol. The van der Waals surface area contributed by atoms with Gasteiger partial charge in [0.15, 0.2) is 11.6 Å². The van der Waals surface area contributed by atoms with Crippen LogP contribution in [0.1, 0.15) is 17.0 Å². The van der Waals surface area contributed by atoms with Gasteiger partial charge in [-0.2, -0.15) is 0 Å². The van der Waals surface area contributed by atoms with Crippen molar-refractivity contribution >= 4 is 23.6 Å². The van der Waals surface area contributed by atoms with E-state index in [0.717, 1.165) is 5.56 Å². The Kier molecular flexibility index (Phi) is 4.69. The molecule has 0 unspecified atom stereocenters. The monoisotopic (exact) mass is 483 g/mol. The Bertz CT molecular complexity index is 1400. The number of halogens is 3. The number of nitrogens with zero attached hydrogens (tertiary/aromatic N) is 1. The molecule has 3 aliphatic rings. The predicted molar refractivity (Wildman–Crippen MR) is 116 cm³/mol. The predicted octanol–water partition coefficient (Wildman–Crippen LogP) is 3.97. The number of carbonyl (C=O) groups excluding carboxylic acids is 2. The van der Waals surface area contributed by atoms with Gasteiger partial charge in [0.05, 0.1) is 29.8 Å². The molecule has 2 aromatic carbocycles. The smallest absolute Gasteiger partial charge is 0.320 e. The van der Waals surface area contributed by atoms with Crippen molar-refractivity contribution in [2.24, 2.45) is 0 Å². The van der Waals surface area contributed by atoms with E-state index in [9.17, 15) is 22.8 Å². The first-order chi connectivity index (χ1) is 16.9. The maximum atomic E-state index is 13.8. The number of hydrogen-bond donors (Lipinski definition) is 4. The number of aromatic nitrogens is 1. The number of urea groups is 2. The zero-order chi connectivity index (χ0) is 24.3. The van der Waals surface area contributed by atoms with E-state index in [1.165, 1.54) is 6.20 Å². The van der Waals surface area contributed by atoms with Crippen molar-refractivity contribution in [3.8, 4) is 17.2 Å². The van der Waals surface area contributed by atoms with E-state index in [4.69, 9.17) is 9.47 Å². The Labute approximate surface area is 195 Å². The molecule has 0 saturated heterocycles. The average Bonchev–Trinajstić information content (AvgIpc) is 3.33. The fourth-order valence-electron chi connectivity index (χ4n) is 4.30. The normalized spacial score (nSPS) is 20.9. The second kappa shape index (κ2) is 7.79. The van der Waals surface area contributed by atoms with Crippen LogP contribution in [0.2, 0.25) is 0 Å². The Morgan fingerprint density at radius 1 is 1.11 bits per heavy atom. The van der Waals surface area contributed by atoms with E-state index in [1.54, 1.807) is 24.3 Å². The highest BCUT2D eigenvalue weighted by molar-refractivity contribution is 5.91. The van der Waals surface area contributed by atoms with E-state index in [1.807, 2.05) is 0 Å². The fourth-order valence-corrected chi connectivity index (χ4v) is 4.30. The van der Waals surface area contributed by atoms with Crippen molar-refractivity contribution in [3.05, 3.63) is 71.2 Å². The molecule has 1 saturated carbocycles. The first-order valence-electron chi connectivity index (χ1n) is 10.6. The lowest BCUT2D eigenvalue weighted by atomic mass is 10.1. The molecule has 9 nitrogen and oxygen atoms in total. The Balaban J connectivity index is 1.15. The number of nitrogens with one attached hydrogen (secondary N) is 4. The van der Waals surface area contributed by atoms with Crippen molar-refractivity contribution in [1.29, 1.82) is 0 Å². The van der Waals surface area contributed by atoms with Gasteiger partial charge in [0.2, 0.25) is 0 Å². The first-order valence-corrected chi connectivity index (χ1v) is 10.6. The highest BCUT2D eigenvalue weighted by Gasteiger charge is 2.59. The van der Waals surface area contributed by atoms with Crippen LogP contribution in [0.4, 0.5) is 34.3 Å². The van der Waals surface area contributed by atoms with E-state index < -0.39 is 29.2 Å². The van der Waals surface area contributed by atoms with Gasteiger partial charge in [-0.15, -0.1) is 0 Å². The van der Waals surface area contributed by atoms with Crippen LogP contribution in [0.15, 0.2) is 42.6 Å². The van der Waals surface area contributed by atoms with Gasteiger partial charge < -0.3 is 25.4 Å². The molecule has 3 aromatic rings. The lowest BCUT2D eigenvalue weighted by Gasteiger charge is -2.20. The highest BCUT2D eigenvalue weighted by atomic mass is 19.2. The molecule has 3 heterocycles. The third kappa shape index (κ3) is 3.72. The van der Waals surface area contributed by atoms with Crippen LogP contribution in [0.3, 0.4) is 0 Å². The summed E-state index contributed by atoms with van der Waals surface area (Å²) in [5.74, 6) is -1.74. The second-order valence-electron chi connectivity index (χ2n) is 8.22. The molecule has 6 rings (SSSR count). The van der Waals surface area contributed by atoms with Crippen molar-refractivity contribution < 1.29 is 32.2 Å². The molecule has 1 fully saturated rings. The van der Waals surface area contributed by atoms with Gasteiger partial charge in [0.1, 0.15) is 35.0 Å².